The van der Waals surface area contributed by atoms with Crippen LogP contribution in [0.3, 0.4) is 0 Å². The molecule has 5 aromatic heterocycles. The van der Waals surface area contributed by atoms with Crippen molar-refractivity contribution in [1.29, 1.82) is 0 Å². The summed E-state index contributed by atoms with van der Waals surface area (Å²) in [6.45, 7) is 0. The number of hydrogen-bond donors (Lipinski definition) is 6. The normalized spacial score (nSPS) is 10.8. The molecule has 26 rings (SSSR count). The maximum absolute atomic E-state index is 6.21. The predicted octanol–water partition coefficient (Wildman–Crippen LogP) is 30.0. The summed E-state index contributed by atoms with van der Waals surface area (Å²) >= 11 is 0. The van der Waals surface area contributed by atoms with Crippen LogP contribution in [0.15, 0.2) is 516 Å². The number of benzene rings is 21. The largest absolute Gasteiger partial charge is 0.398 e. The number of nitrogen functional groups attached to an aromatic ring is 6. The maximum atomic E-state index is 6.21. The summed E-state index contributed by atoms with van der Waals surface area (Å²) in [4.78, 5) is 57.8. The van der Waals surface area contributed by atoms with Gasteiger partial charge in [-0.15, -0.1) is 0 Å². The van der Waals surface area contributed by atoms with Crippen LogP contribution in [0.5, 0.6) is 0 Å². The van der Waals surface area contributed by atoms with Crippen LogP contribution < -0.4 is 34.4 Å². The van der Waals surface area contributed by atoms with Crippen molar-refractivity contribution in [1.82, 2.24) is 64.8 Å². The minimum atomic E-state index is 0.204. The summed E-state index contributed by atoms with van der Waals surface area (Å²) in [6, 6.07) is 172. The summed E-state index contributed by atoms with van der Waals surface area (Å²) in [7, 11) is 0. The molecule has 0 aliphatic heterocycles. The second-order valence-corrected chi connectivity index (χ2v) is 35.3. The van der Waals surface area contributed by atoms with Crippen LogP contribution in [0.1, 0.15) is 0 Å². The molecule has 19 nitrogen and oxygen atoms in total. The molecule has 0 atom stereocenters. The molecule has 0 saturated carbocycles. The highest BCUT2D eigenvalue weighted by Gasteiger charge is 2.19. The molecule has 0 fully saturated rings. The van der Waals surface area contributed by atoms with Crippen LogP contribution >= 0.6 is 0 Å². The monoisotopic (exact) mass is 1940 g/mol. The highest BCUT2D eigenvalue weighted by molar-refractivity contribution is 6.29. The Hall–Kier alpha value is -20.8. The molecule has 0 spiro atoms. The van der Waals surface area contributed by atoms with Gasteiger partial charge in [-0.05, 0) is 152 Å². The average Bonchev–Trinajstić information content (AvgIpc) is 0.742. The lowest BCUT2D eigenvalue weighted by Crippen LogP contribution is -2.02. The van der Waals surface area contributed by atoms with Crippen molar-refractivity contribution in [3.63, 3.8) is 0 Å². The minimum Gasteiger partial charge on any atom is -0.398 e. The Balaban J connectivity index is 0.000000106. The predicted molar refractivity (Wildman–Crippen MR) is 618 cm³/mol. The molecule has 5 heterocycles. The van der Waals surface area contributed by atoms with Gasteiger partial charge < -0.3 is 34.4 Å². The zero-order valence-electron chi connectivity index (χ0n) is 81.4. The molecule has 21 aromatic carbocycles. The molecule has 0 bridgehead atoms. The van der Waals surface area contributed by atoms with Gasteiger partial charge in [-0.2, -0.15) is 39.9 Å². The van der Waals surface area contributed by atoms with E-state index < -0.39 is 0 Å². The van der Waals surface area contributed by atoms with E-state index in [0.29, 0.717) is 46.6 Å². The topological polar surface area (TPSA) is 324 Å². The zero-order chi connectivity index (χ0) is 102. The van der Waals surface area contributed by atoms with E-state index >= 15 is 0 Å². The van der Waals surface area contributed by atoms with E-state index in [1.54, 1.807) is 0 Å². The van der Waals surface area contributed by atoms with Gasteiger partial charge in [0.05, 0.1) is 5.52 Å². The van der Waals surface area contributed by atoms with Gasteiger partial charge in [-0.25, -0.2) is 19.9 Å². The first-order chi connectivity index (χ1) is 73.8. The molecule has 12 N–H and O–H groups in total. The summed E-state index contributed by atoms with van der Waals surface area (Å²) in [5, 5.41) is 13.3. The molecule has 150 heavy (non-hydrogen) atoms. The Bertz CT molecular complexity index is 8890. The summed E-state index contributed by atoms with van der Waals surface area (Å²) in [6.07, 6.45) is 1.82. The van der Waals surface area contributed by atoms with Gasteiger partial charge in [0, 0.05) is 78.2 Å². The SMILES string of the molecule is Nc1cccc2c3ccccc3c3ccccc3c12.Nc1cccc2c3ccccc3c3cccnc3c12.Nc1nc(-c2ccc(-c3ccccc3)cc2)nc(-c2cccc(-c3ccccc3)c2)n1.Nc1nc(-c2cccc(-c3ccccc3)c2)nc(-c2cccc(-c3ccccc3)c2)n1.Nc1nc(-c2ccccc2)nc(-c2ccc(-c3ccccc3)cc2)n1.Nc1nc(-c2ccccc2)nc(-c2cccc(-c3ccccc3)c2)n1. The van der Waals surface area contributed by atoms with Gasteiger partial charge in [0.2, 0.25) is 23.8 Å². The Morgan fingerprint density at radius 2 is 0.293 bits per heavy atom. The first kappa shape index (κ1) is 95.4. The number of pyridine rings is 1. The molecule has 0 saturated heterocycles. The van der Waals surface area contributed by atoms with Gasteiger partial charge in [0.15, 0.2) is 46.6 Å². The molecule has 0 aliphatic rings. The number of fused-ring (bicyclic) bond motifs is 12. The average molecular weight is 1940 g/mol. The zero-order valence-corrected chi connectivity index (χ0v) is 81.4. The summed E-state index contributed by atoms with van der Waals surface area (Å²) in [5.41, 5.74) is 59.8. The van der Waals surface area contributed by atoms with Crippen molar-refractivity contribution in [3.8, 4) is 158 Å². The van der Waals surface area contributed by atoms with Gasteiger partial charge in [-0.3, -0.25) is 4.98 Å². The number of nitrogens with zero attached hydrogens (tertiary/aromatic N) is 13. The first-order valence-corrected chi connectivity index (χ1v) is 49.0. The van der Waals surface area contributed by atoms with E-state index in [2.05, 4.69) is 291 Å². The standard InChI is InChI=1S/2C27H20N4.2C21H16N4.C18H13N.C17H12N2/c28-27-30-25(23-15-7-13-21(17-23)19-9-3-1-4-10-19)29-26(31-27)24-16-8-14-22(18-24)20-11-5-2-6-12-20;28-27-30-25(22-16-14-21(15-17-22)19-8-3-1-4-9-19)29-26(31-27)24-13-7-12-23(18-24)20-10-5-2-6-11-20;22-21-24-19(16-10-5-2-6-11-16)23-20(25-21)18-13-7-12-17(14-18)15-8-3-1-4-9-15;22-21-24-19(17-9-5-2-6-10-17)23-20(25-21)18-13-11-16(12-14-18)15-7-3-1-4-8-15;19-17-11-5-10-16-14-7-2-1-6-12(14)13-8-3-4-9-15(13)18(16)17;18-15-9-3-7-13-11-5-1-2-6-12(11)14-8-4-10-19-17(14)16(13)15/h2*1-18H,(H2,28,29,30,31);2*1-14H,(H2,22,23,24,25);1-11H,19H2;1-10H,18H2. The molecule has 716 valence electrons. The van der Waals surface area contributed by atoms with Gasteiger partial charge >= 0.3 is 0 Å². The van der Waals surface area contributed by atoms with Gasteiger partial charge in [-0.1, -0.05) is 467 Å². The van der Waals surface area contributed by atoms with Crippen LogP contribution in [0, 0.1) is 0 Å². The molecular weight excluding hydrogens is 1840 g/mol. The molecule has 0 radical (unpaired) electrons. The molecular formula is C131H97N19. The number of rotatable bonds is 14. The van der Waals surface area contributed by atoms with Crippen molar-refractivity contribution in [3.05, 3.63) is 516 Å². The lowest BCUT2D eigenvalue weighted by Gasteiger charge is -2.11. The molecule has 19 heteroatoms. The first-order valence-electron chi connectivity index (χ1n) is 49.0. The second-order valence-electron chi connectivity index (χ2n) is 35.3. The fourth-order valence-corrected chi connectivity index (χ4v) is 18.4. The lowest BCUT2D eigenvalue weighted by atomic mass is 9.94. The Kier molecular flexibility index (Phi) is 28.5. The van der Waals surface area contributed by atoms with E-state index in [0.717, 1.165) is 133 Å². The van der Waals surface area contributed by atoms with E-state index in [9.17, 15) is 0 Å². The third-order valence-corrected chi connectivity index (χ3v) is 25.5. The third kappa shape index (κ3) is 22.0. The molecule has 26 aromatic rings. The smallest absolute Gasteiger partial charge is 0.224 e. The molecule has 0 aliphatic carbocycles. The fourth-order valence-electron chi connectivity index (χ4n) is 18.4. The highest BCUT2D eigenvalue weighted by Crippen LogP contribution is 2.41. The second kappa shape index (κ2) is 44.8. The van der Waals surface area contributed by atoms with Gasteiger partial charge in [0.1, 0.15) is 0 Å². The van der Waals surface area contributed by atoms with Crippen molar-refractivity contribution >= 4 is 99.9 Å². The Morgan fingerprint density at radius 3 is 0.580 bits per heavy atom. The van der Waals surface area contributed by atoms with Crippen LogP contribution in [0.4, 0.5) is 35.2 Å². The third-order valence-electron chi connectivity index (χ3n) is 25.5. The Morgan fingerprint density at radius 1 is 0.120 bits per heavy atom. The summed E-state index contributed by atoms with van der Waals surface area (Å²) in [5.74, 6) is 5.39. The number of hydrogen-bond acceptors (Lipinski definition) is 19. The van der Waals surface area contributed by atoms with E-state index in [-0.39, 0.29) is 23.8 Å². The van der Waals surface area contributed by atoms with Crippen LogP contribution in [0.25, 0.3) is 223 Å². The van der Waals surface area contributed by atoms with Crippen molar-refractivity contribution in [2.75, 3.05) is 34.4 Å². The Labute approximate surface area is 867 Å². The molecule has 0 unspecified atom stereocenters. The number of nitrogens with two attached hydrogens (primary N) is 6. The van der Waals surface area contributed by atoms with Gasteiger partial charge in [0.25, 0.3) is 0 Å². The molecule has 0 amide bonds. The maximum Gasteiger partial charge on any atom is 0.224 e. The van der Waals surface area contributed by atoms with E-state index in [1.807, 2.05) is 279 Å². The highest BCUT2D eigenvalue weighted by atomic mass is 15.1. The van der Waals surface area contributed by atoms with E-state index in [1.165, 1.54) is 54.2 Å². The number of aromatic nitrogens is 13. The summed E-state index contributed by atoms with van der Waals surface area (Å²) < 4.78 is 0. The number of anilines is 6. The lowest BCUT2D eigenvalue weighted by molar-refractivity contribution is 1.08. The van der Waals surface area contributed by atoms with Crippen LogP contribution in [-0.4, -0.2) is 64.8 Å². The quantitative estimate of drug-likeness (QED) is 0.0435. The van der Waals surface area contributed by atoms with Crippen molar-refractivity contribution < 1.29 is 0 Å². The van der Waals surface area contributed by atoms with Crippen LogP contribution in [0.2, 0.25) is 0 Å². The van der Waals surface area contributed by atoms with Crippen LogP contribution in [-0.2, 0) is 0 Å². The van der Waals surface area contributed by atoms with Crippen molar-refractivity contribution in [2.24, 2.45) is 0 Å². The minimum absolute atomic E-state index is 0.204. The fraction of sp³-hybridized carbons (Fsp3) is 0. The van der Waals surface area contributed by atoms with E-state index in [4.69, 9.17) is 44.4 Å². The van der Waals surface area contributed by atoms with Crippen molar-refractivity contribution in [2.45, 2.75) is 0 Å².